The number of benzene rings is 2. The molecule has 1 aliphatic heterocycles. The van der Waals surface area contributed by atoms with Gasteiger partial charge in [0.25, 0.3) is 0 Å². The lowest BCUT2D eigenvalue weighted by molar-refractivity contribution is -0.146. The fraction of sp³-hybridized carbons (Fsp3) is 0.500. The van der Waals surface area contributed by atoms with Crippen molar-refractivity contribution in [1.29, 1.82) is 0 Å². The first-order valence-electron chi connectivity index (χ1n) is 12.3. The van der Waals surface area contributed by atoms with Gasteiger partial charge in [-0.15, -0.1) is 0 Å². The van der Waals surface area contributed by atoms with Crippen LogP contribution in [0.5, 0.6) is 0 Å². The summed E-state index contributed by atoms with van der Waals surface area (Å²) in [5.41, 5.74) is 0.126. The van der Waals surface area contributed by atoms with Gasteiger partial charge in [0.15, 0.2) is 0 Å². The molecule has 4 rings (SSSR count). The van der Waals surface area contributed by atoms with Gasteiger partial charge >= 0.3 is 6.18 Å². The summed E-state index contributed by atoms with van der Waals surface area (Å²) in [6.07, 6.45) is -2.88. The first kappa shape index (κ1) is 27.6. The average molecular weight is 540 g/mol. The fourth-order valence-electron chi connectivity index (χ4n) is 5.29. The number of halogens is 3. The summed E-state index contributed by atoms with van der Waals surface area (Å²) in [6.45, 7) is 2.43. The normalized spacial score (nSPS) is 27.2. The van der Waals surface area contributed by atoms with Crippen LogP contribution in [0.25, 0.3) is 0 Å². The molecule has 3 atom stereocenters. The predicted octanol–water partition coefficient (Wildman–Crippen LogP) is 4.08. The van der Waals surface area contributed by atoms with Crippen molar-refractivity contribution in [1.82, 2.24) is 14.9 Å². The second-order valence-corrected chi connectivity index (χ2v) is 11.4. The van der Waals surface area contributed by atoms with E-state index >= 15 is 0 Å². The van der Waals surface area contributed by atoms with E-state index in [4.69, 9.17) is 4.74 Å². The summed E-state index contributed by atoms with van der Waals surface area (Å²) in [6, 6.07) is 12.7. The van der Waals surface area contributed by atoms with Crippen LogP contribution in [0.1, 0.15) is 49.8 Å². The highest BCUT2D eigenvalue weighted by atomic mass is 32.2. The third kappa shape index (κ3) is 6.34. The molecule has 2 N–H and O–H groups in total. The Kier molecular flexibility index (Phi) is 8.27. The second-order valence-electron chi connectivity index (χ2n) is 9.72. The van der Waals surface area contributed by atoms with Crippen molar-refractivity contribution in [2.45, 2.75) is 68.0 Å². The molecule has 7 nitrogen and oxygen atoms in total. The lowest BCUT2D eigenvalue weighted by atomic mass is 9.84. The number of methoxy groups -OCH3 is 1. The number of ether oxygens (including phenoxy) is 1. The minimum Gasteiger partial charge on any atom is -0.365 e. The van der Waals surface area contributed by atoms with E-state index in [-0.39, 0.29) is 35.0 Å². The molecule has 2 aliphatic rings. The maximum Gasteiger partial charge on any atom is 0.416 e. The van der Waals surface area contributed by atoms with E-state index in [9.17, 15) is 26.4 Å². The van der Waals surface area contributed by atoms with Crippen LogP contribution in [-0.4, -0.2) is 51.2 Å². The highest BCUT2D eigenvalue weighted by Gasteiger charge is 2.40. The third-order valence-corrected chi connectivity index (χ3v) is 8.76. The zero-order valence-corrected chi connectivity index (χ0v) is 21.6. The third-order valence-electron chi connectivity index (χ3n) is 7.22. The summed E-state index contributed by atoms with van der Waals surface area (Å²) in [4.78, 5) is 15.3. The van der Waals surface area contributed by atoms with Gasteiger partial charge in [-0.1, -0.05) is 30.3 Å². The van der Waals surface area contributed by atoms with Gasteiger partial charge in [0, 0.05) is 25.1 Å². The molecular weight excluding hydrogens is 507 g/mol. The van der Waals surface area contributed by atoms with Gasteiger partial charge in [-0.25, -0.2) is 13.1 Å². The van der Waals surface area contributed by atoms with E-state index in [1.807, 2.05) is 42.2 Å². The van der Waals surface area contributed by atoms with E-state index in [0.29, 0.717) is 32.2 Å². The average Bonchev–Trinajstić information content (AvgIpc) is 2.88. The second kappa shape index (κ2) is 11.1. The molecule has 3 unspecified atom stereocenters. The Morgan fingerprint density at radius 3 is 2.22 bits per heavy atom. The van der Waals surface area contributed by atoms with E-state index in [0.717, 1.165) is 29.8 Å². The van der Waals surface area contributed by atoms with Gasteiger partial charge in [-0.3, -0.25) is 10.1 Å². The van der Waals surface area contributed by atoms with Crippen LogP contribution < -0.4 is 10.0 Å². The number of nitrogens with zero attached hydrogens (tertiary/aromatic N) is 1. The number of amides is 1. The Bertz CT molecular complexity index is 1170. The summed E-state index contributed by atoms with van der Waals surface area (Å²) in [7, 11) is -2.38. The molecule has 0 radical (unpaired) electrons. The maximum absolute atomic E-state index is 13.7. The summed E-state index contributed by atoms with van der Waals surface area (Å²) in [5.74, 6) is -0.228. The molecule has 1 saturated heterocycles. The largest absolute Gasteiger partial charge is 0.416 e. The fourth-order valence-corrected chi connectivity index (χ4v) is 6.60. The number of carbonyl (C=O) groups is 1. The number of hydrogen-bond acceptors (Lipinski definition) is 5. The van der Waals surface area contributed by atoms with Gasteiger partial charge in [0.2, 0.25) is 15.9 Å². The minimum atomic E-state index is -4.54. The Morgan fingerprint density at radius 2 is 1.65 bits per heavy atom. The van der Waals surface area contributed by atoms with E-state index < -0.39 is 27.8 Å². The number of rotatable bonds is 6. The Morgan fingerprint density at radius 1 is 1.03 bits per heavy atom. The molecule has 37 heavy (non-hydrogen) atoms. The first-order chi connectivity index (χ1) is 17.5. The van der Waals surface area contributed by atoms with Gasteiger partial charge in [0.05, 0.1) is 23.0 Å². The molecule has 11 heteroatoms. The quantitative estimate of drug-likeness (QED) is 0.578. The van der Waals surface area contributed by atoms with Crippen molar-refractivity contribution >= 4 is 15.9 Å². The number of hydrogen-bond donors (Lipinski definition) is 2. The van der Waals surface area contributed by atoms with Crippen LogP contribution in [0.2, 0.25) is 0 Å². The van der Waals surface area contributed by atoms with Gasteiger partial charge in [0.1, 0.15) is 6.23 Å². The molecular formula is C26H32F3N3O4S. The van der Waals surface area contributed by atoms with Crippen LogP contribution in [-0.2, 0) is 25.7 Å². The maximum atomic E-state index is 13.7. The van der Waals surface area contributed by atoms with Crippen LogP contribution in [0.4, 0.5) is 13.2 Å². The molecule has 0 bridgehead atoms. The predicted molar refractivity (Wildman–Crippen MR) is 132 cm³/mol. The van der Waals surface area contributed by atoms with Crippen LogP contribution in [0.3, 0.4) is 0 Å². The number of piperazine rings is 1. The standard InChI is InChI=1S/C26H32F3N3O4S/c1-17-24(18-6-4-3-5-7-18)32(16-23(30-17)36-2)25(33)19-8-12-21(13-9-19)31-37(34,35)22-14-10-20(11-15-22)26(27,28)29/h3-7,10-11,14-15,17,19,21,23-24,30-31H,8-9,12-13,16H2,1-2H3. The monoisotopic (exact) mass is 539 g/mol. The molecule has 1 amide bonds. The van der Waals surface area contributed by atoms with E-state index in [2.05, 4.69) is 10.0 Å². The number of carbonyl (C=O) groups excluding carboxylic acids is 1. The van der Waals surface area contributed by atoms with Crippen LogP contribution >= 0.6 is 0 Å². The first-order valence-corrected chi connectivity index (χ1v) is 13.8. The van der Waals surface area contributed by atoms with Crippen LogP contribution in [0, 0.1) is 5.92 Å². The zero-order valence-electron chi connectivity index (χ0n) is 20.7. The molecule has 2 fully saturated rings. The SMILES string of the molecule is COC1CN(C(=O)C2CCC(NS(=O)(=O)c3ccc(C(F)(F)F)cc3)CC2)C(c2ccccc2)C(C)N1. The van der Waals surface area contributed by atoms with Gasteiger partial charge in [-0.2, -0.15) is 13.2 Å². The molecule has 202 valence electrons. The molecule has 1 aliphatic carbocycles. The van der Waals surface area contributed by atoms with Crippen molar-refractivity contribution in [2.75, 3.05) is 13.7 Å². The highest BCUT2D eigenvalue weighted by molar-refractivity contribution is 7.89. The van der Waals surface area contributed by atoms with E-state index in [1.165, 1.54) is 0 Å². The molecule has 1 saturated carbocycles. The number of nitrogens with one attached hydrogen (secondary N) is 2. The van der Waals surface area contributed by atoms with E-state index in [1.54, 1.807) is 7.11 Å². The highest BCUT2D eigenvalue weighted by Crippen LogP contribution is 2.34. The zero-order chi connectivity index (χ0) is 26.8. The van der Waals surface area contributed by atoms with Crippen molar-refractivity contribution in [2.24, 2.45) is 5.92 Å². The molecule has 2 aromatic carbocycles. The Labute approximate surface area is 215 Å². The van der Waals surface area contributed by atoms with Gasteiger partial charge in [-0.05, 0) is 62.4 Å². The molecule has 0 spiro atoms. The van der Waals surface area contributed by atoms with Gasteiger partial charge < -0.3 is 9.64 Å². The van der Waals surface area contributed by atoms with Crippen molar-refractivity contribution in [3.05, 3.63) is 65.7 Å². The number of alkyl halides is 3. The van der Waals surface area contributed by atoms with Crippen molar-refractivity contribution < 1.29 is 31.1 Å². The Hall–Kier alpha value is -2.47. The summed E-state index contributed by atoms with van der Waals surface area (Å²) in [5, 5.41) is 3.41. The summed E-state index contributed by atoms with van der Waals surface area (Å²) < 4.78 is 72.0. The minimum absolute atomic E-state index is 0.0216. The van der Waals surface area contributed by atoms with Crippen LogP contribution in [0.15, 0.2) is 59.5 Å². The van der Waals surface area contributed by atoms with Crippen molar-refractivity contribution in [3.63, 3.8) is 0 Å². The van der Waals surface area contributed by atoms with Crippen molar-refractivity contribution in [3.8, 4) is 0 Å². The molecule has 2 aromatic rings. The lowest BCUT2D eigenvalue weighted by Gasteiger charge is -2.46. The lowest BCUT2D eigenvalue weighted by Crippen LogP contribution is -2.60. The molecule has 1 heterocycles. The summed E-state index contributed by atoms with van der Waals surface area (Å²) >= 11 is 0. The Balaban J connectivity index is 1.41. The number of sulfonamides is 1. The smallest absolute Gasteiger partial charge is 0.365 e. The topological polar surface area (TPSA) is 87.7 Å². The molecule has 0 aromatic heterocycles.